The van der Waals surface area contributed by atoms with Crippen molar-refractivity contribution >= 4 is 11.8 Å². The van der Waals surface area contributed by atoms with Gasteiger partial charge in [-0.25, -0.2) is 0 Å². The minimum absolute atomic E-state index is 0.0251. The van der Waals surface area contributed by atoms with Crippen LogP contribution in [0.4, 0.5) is 0 Å². The van der Waals surface area contributed by atoms with Crippen LogP contribution in [0.2, 0.25) is 0 Å². The minimum Gasteiger partial charge on any atom is -0.354 e. The summed E-state index contributed by atoms with van der Waals surface area (Å²) in [5.41, 5.74) is -0.658. The molecule has 0 radical (unpaired) electrons. The molecule has 0 aromatic carbocycles. The summed E-state index contributed by atoms with van der Waals surface area (Å²) in [7, 11) is 0. The first kappa shape index (κ1) is 19.0. The summed E-state index contributed by atoms with van der Waals surface area (Å²) in [4.78, 5) is 25.0. The Morgan fingerprint density at radius 1 is 1.09 bits per heavy atom. The number of carbonyl (C=O) groups is 2. The van der Waals surface area contributed by atoms with Crippen molar-refractivity contribution < 1.29 is 9.59 Å². The molecule has 4 nitrogen and oxygen atoms in total. The van der Waals surface area contributed by atoms with Crippen LogP contribution in [0, 0.1) is 5.92 Å². The van der Waals surface area contributed by atoms with E-state index in [0.29, 0.717) is 18.9 Å². The zero-order valence-electron chi connectivity index (χ0n) is 14.7. The second-order valence-electron chi connectivity index (χ2n) is 6.90. The van der Waals surface area contributed by atoms with Gasteiger partial charge in [-0.1, -0.05) is 59.3 Å². The van der Waals surface area contributed by atoms with Crippen LogP contribution in [0.3, 0.4) is 0 Å². The van der Waals surface area contributed by atoms with Crippen molar-refractivity contribution in [3.63, 3.8) is 0 Å². The Labute approximate surface area is 135 Å². The average molecular weight is 310 g/mol. The highest BCUT2D eigenvalue weighted by Crippen LogP contribution is 2.29. The molecule has 22 heavy (non-hydrogen) atoms. The van der Waals surface area contributed by atoms with Gasteiger partial charge in [-0.15, -0.1) is 0 Å². The maximum Gasteiger partial charge on any atom is 0.245 e. The Bertz CT molecular complexity index is 349. The maximum absolute atomic E-state index is 12.6. The fraction of sp³-hybridized carbons (Fsp3) is 0.889. The number of hydrogen-bond donors (Lipinski definition) is 2. The molecule has 1 aliphatic carbocycles. The molecule has 1 fully saturated rings. The van der Waals surface area contributed by atoms with Gasteiger partial charge in [-0.2, -0.15) is 0 Å². The van der Waals surface area contributed by atoms with Crippen molar-refractivity contribution in [2.45, 2.75) is 90.5 Å². The van der Waals surface area contributed by atoms with Crippen LogP contribution in [0.1, 0.15) is 85.0 Å². The average Bonchev–Trinajstić information content (AvgIpc) is 2.48. The van der Waals surface area contributed by atoms with E-state index in [1.54, 1.807) is 0 Å². The number of carbonyl (C=O) groups excluding carboxylic acids is 2. The molecule has 0 aromatic rings. The van der Waals surface area contributed by atoms with Crippen LogP contribution in [-0.4, -0.2) is 23.9 Å². The molecule has 2 N–H and O–H groups in total. The van der Waals surface area contributed by atoms with Crippen molar-refractivity contribution in [2.24, 2.45) is 5.92 Å². The minimum atomic E-state index is -0.658. The Hall–Kier alpha value is -1.06. The fourth-order valence-electron chi connectivity index (χ4n) is 3.34. The number of rotatable bonds is 9. The van der Waals surface area contributed by atoms with Crippen molar-refractivity contribution in [3.8, 4) is 0 Å². The molecule has 4 heteroatoms. The quantitative estimate of drug-likeness (QED) is 0.640. The lowest BCUT2D eigenvalue weighted by Crippen LogP contribution is -2.60. The molecule has 2 amide bonds. The van der Waals surface area contributed by atoms with Crippen LogP contribution >= 0.6 is 0 Å². The van der Waals surface area contributed by atoms with Crippen LogP contribution in [0.15, 0.2) is 0 Å². The van der Waals surface area contributed by atoms with Gasteiger partial charge in [0.15, 0.2) is 0 Å². The summed E-state index contributed by atoms with van der Waals surface area (Å²) >= 11 is 0. The van der Waals surface area contributed by atoms with E-state index in [-0.39, 0.29) is 11.8 Å². The van der Waals surface area contributed by atoms with Gasteiger partial charge in [0.2, 0.25) is 11.8 Å². The van der Waals surface area contributed by atoms with Crippen LogP contribution < -0.4 is 10.6 Å². The molecular formula is C18H34N2O2. The molecule has 0 heterocycles. The highest BCUT2D eigenvalue weighted by molar-refractivity contribution is 5.91. The first-order valence-corrected chi connectivity index (χ1v) is 9.13. The van der Waals surface area contributed by atoms with Gasteiger partial charge in [-0.05, 0) is 25.2 Å². The standard InChI is InChI=1S/C18H34N2O2/c1-4-6-13-19-17(22)18(11-8-7-9-12-18)20-16(21)14-15(3)10-5-2/h15H,4-14H2,1-3H3,(H,19,22)(H,20,21). The Morgan fingerprint density at radius 3 is 2.36 bits per heavy atom. The molecule has 0 aliphatic heterocycles. The molecule has 1 atom stereocenters. The summed E-state index contributed by atoms with van der Waals surface area (Å²) in [6.07, 6.45) is 9.48. The van der Waals surface area contributed by atoms with Gasteiger partial charge in [0.1, 0.15) is 5.54 Å². The van der Waals surface area contributed by atoms with Crippen molar-refractivity contribution in [1.29, 1.82) is 0 Å². The van der Waals surface area contributed by atoms with E-state index in [1.807, 2.05) is 0 Å². The SMILES string of the molecule is CCCCNC(=O)C1(NC(=O)CC(C)CCC)CCCCC1. The summed E-state index contributed by atoms with van der Waals surface area (Å²) in [5.74, 6) is 0.444. The second kappa shape index (κ2) is 9.86. The monoisotopic (exact) mass is 310 g/mol. The molecule has 0 aromatic heterocycles. The molecule has 1 rings (SSSR count). The van der Waals surface area contributed by atoms with Crippen molar-refractivity contribution in [3.05, 3.63) is 0 Å². The topological polar surface area (TPSA) is 58.2 Å². The third kappa shape index (κ3) is 5.98. The second-order valence-corrected chi connectivity index (χ2v) is 6.90. The molecule has 1 unspecified atom stereocenters. The van der Waals surface area contributed by atoms with E-state index in [9.17, 15) is 9.59 Å². The van der Waals surface area contributed by atoms with E-state index < -0.39 is 5.54 Å². The first-order valence-electron chi connectivity index (χ1n) is 9.13. The Morgan fingerprint density at radius 2 is 1.77 bits per heavy atom. The maximum atomic E-state index is 12.6. The smallest absolute Gasteiger partial charge is 0.245 e. The molecular weight excluding hydrogens is 276 g/mol. The zero-order valence-corrected chi connectivity index (χ0v) is 14.7. The molecule has 1 aliphatic rings. The highest BCUT2D eigenvalue weighted by atomic mass is 16.2. The Kier molecular flexibility index (Phi) is 8.51. The number of hydrogen-bond acceptors (Lipinski definition) is 2. The zero-order chi connectivity index (χ0) is 16.4. The van der Waals surface area contributed by atoms with Crippen LogP contribution in [-0.2, 0) is 9.59 Å². The van der Waals surface area contributed by atoms with E-state index in [2.05, 4.69) is 31.4 Å². The normalized spacial score (nSPS) is 18.5. The van der Waals surface area contributed by atoms with Gasteiger partial charge in [-0.3, -0.25) is 9.59 Å². The first-order chi connectivity index (χ1) is 10.5. The summed E-state index contributed by atoms with van der Waals surface area (Å²) in [6.45, 7) is 7.06. The molecule has 0 spiro atoms. The summed E-state index contributed by atoms with van der Waals surface area (Å²) in [5, 5.41) is 6.12. The molecule has 0 bridgehead atoms. The highest BCUT2D eigenvalue weighted by Gasteiger charge is 2.40. The van der Waals surface area contributed by atoms with Gasteiger partial charge in [0.25, 0.3) is 0 Å². The van der Waals surface area contributed by atoms with E-state index in [1.165, 1.54) is 0 Å². The lowest BCUT2D eigenvalue weighted by Gasteiger charge is -2.37. The predicted octanol–water partition coefficient (Wildman–Crippen LogP) is 3.55. The predicted molar refractivity (Wildman–Crippen MR) is 90.6 cm³/mol. The van der Waals surface area contributed by atoms with Gasteiger partial charge < -0.3 is 10.6 Å². The number of amides is 2. The molecule has 128 valence electrons. The molecule has 1 saturated carbocycles. The van der Waals surface area contributed by atoms with Gasteiger partial charge in [0, 0.05) is 13.0 Å². The molecule has 0 saturated heterocycles. The van der Waals surface area contributed by atoms with Crippen molar-refractivity contribution in [2.75, 3.05) is 6.54 Å². The van der Waals surface area contributed by atoms with Gasteiger partial charge >= 0.3 is 0 Å². The summed E-state index contributed by atoms with van der Waals surface area (Å²) in [6, 6.07) is 0. The lowest BCUT2D eigenvalue weighted by atomic mass is 9.80. The fourth-order valence-corrected chi connectivity index (χ4v) is 3.34. The van der Waals surface area contributed by atoms with E-state index in [4.69, 9.17) is 0 Å². The van der Waals surface area contributed by atoms with Crippen molar-refractivity contribution in [1.82, 2.24) is 10.6 Å². The number of unbranched alkanes of at least 4 members (excludes halogenated alkanes) is 1. The third-order valence-corrected chi connectivity index (χ3v) is 4.65. The number of nitrogens with one attached hydrogen (secondary N) is 2. The lowest BCUT2D eigenvalue weighted by molar-refractivity contribution is -0.135. The van der Waals surface area contributed by atoms with E-state index >= 15 is 0 Å². The largest absolute Gasteiger partial charge is 0.354 e. The van der Waals surface area contributed by atoms with Crippen LogP contribution in [0.25, 0.3) is 0 Å². The summed E-state index contributed by atoms with van der Waals surface area (Å²) < 4.78 is 0. The Balaban J connectivity index is 2.62. The van der Waals surface area contributed by atoms with Gasteiger partial charge in [0.05, 0.1) is 0 Å². The third-order valence-electron chi connectivity index (χ3n) is 4.65. The van der Waals surface area contributed by atoms with E-state index in [0.717, 1.165) is 57.8 Å². The van der Waals surface area contributed by atoms with Crippen LogP contribution in [0.5, 0.6) is 0 Å².